The van der Waals surface area contributed by atoms with E-state index in [1.54, 1.807) is 12.3 Å². The van der Waals surface area contributed by atoms with Crippen molar-refractivity contribution in [3.8, 4) is 0 Å². The Labute approximate surface area is 108 Å². The number of rotatable bonds is 4. The molecule has 1 aromatic rings. The number of nitrogens with two attached hydrogens (primary N) is 1. The van der Waals surface area contributed by atoms with Gasteiger partial charge in [-0.1, -0.05) is 27.7 Å². The average molecular weight is 250 g/mol. The van der Waals surface area contributed by atoms with Gasteiger partial charge in [0.15, 0.2) is 0 Å². The van der Waals surface area contributed by atoms with Crippen LogP contribution in [0.15, 0.2) is 18.5 Å². The quantitative estimate of drug-likeness (QED) is 0.562. The summed E-state index contributed by atoms with van der Waals surface area (Å²) in [6.07, 6.45) is 3.09. The molecule has 0 fully saturated rings. The lowest BCUT2D eigenvalue weighted by atomic mass is 9.82. The van der Waals surface area contributed by atoms with Crippen LogP contribution >= 0.6 is 0 Å². The van der Waals surface area contributed by atoms with E-state index in [2.05, 4.69) is 43.4 Å². The van der Waals surface area contributed by atoms with Crippen LogP contribution in [-0.4, -0.2) is 17.4 Å². The number of nitrogens with zero attached hydrogens (tertiary/aromatic N) is 1. The first-order chi connectivity index (χ1) is 8.36. The molecular formula is C13H22N4O. The second-order valence-corrected chi connectivity index (χ2v) is 5.54. The Morgan fingerprint density at radius 3 is 2.72 bits per heavy atom. The zero-order valence-electron chi connectivity index (χ0n) is 11.4. The Hall–Kier alpha value is -1.62. The third-order valence-electron chi connectivity index (χ3n) is 3.27. The SMILES string of the molecule is CC(CNC(=O)c1cnccc1NN)C(C)(C)C. The van der Waals surface area contributed by atoms with E-state index in [0.29, 0.717) is 23.7 Å². The Kier molecular flexibility index (Phi) is 4.67. The largest absolute Gasteiger partial charge is 0.352 e. The van der Waals surface area contributed by atoms with Crippen molar-refractivity contribution in [1.82, 2.24) is 10.3 Å². The molecule has 1 unspecified atom stereocenters. The fraction of sp³-hybridized carbons (Fsp3) is 0.538. The predicted octanol–water partition coefficient (Wildman–Crippen LogP) is 1.78. The molecule has 5 nitrogen and oxygen atoms in total. The molecule has 100 valence electrons. The number of anilines is 1. The lowest BCUT2D eigenvalue weighted by Gasteiger charge is -2.27. The first-order valence-electron chi connectivity index (χ1n) is 6.05. The van der Waals surface area contributed by atoms with Gasteiger partial charge in [-0.15, -0.1) is 0 Å². The molecule has 4 N–H and O–H groups in total. The summed E-state index contributed by atoms with van der Waals surface area (Å²) < 4.78 is 0. The number of hydrogen-bond donors (Lipinski definition) is 3. The highest BCUT2D eigenvalue weighted by atomic mass is 16.1. The summed E-state index contributed by atoms with van der Waals surface area (Å²) in [5, 5.41) is 2.91. The van der Waals surface area contributed by atoms with Crippen molar-refractivity contribution in [2.75, 3.05) is 12.0 Å². The third kappa shape index (κ3) is 3.70. The number of hydrazine groups is 1. The smallest absolute Gasteiger partial charge is 0.255 e. The van der Waals surface area contributed by atoms with Gasteiger partial charge >= 0.3 is 0 Å². The normalized spacial score (nSPS) is 12.9. The summed E-state index contributed by atoms with van der Waals surface area (Å²) >= 11 is 0. The molecule has 0 aliphatic rings. The summed E-state index contributed by atoms with van der Waals surface area (Å²) in [6, 6.07) is 1.67. The summed E-state index contributed by atoms with van der Waals surface area (Å²) in [7, 11) is 0. The number of pyridine rings is 1. The van der Waals surface area contributed by atoms with Gasteiger partial charge in [0.05, 0.1) is 11.3 Å². The van der Waals surface area contributed by atoms with Gasteiger partial charge in [-0.3, -0.25) is 15.6 Å². The van der Waals surface area contributed by atoms with Gasteiger partial charge in [0.2, 0.25) is 0 Å². The Balaban J connectivity index is 2.66. The van der Waals surface area contributed by atoms with Crippen LogP contribution in [0.2, 0.25) is 0 Å². The highest BCUT2D eigenvalue weighted by Gasteiger charge is 2.21. The molecule has 0 saturated carbocycles. The number of nitrogen functional groups attached to an aromatic ring is 1. The molecule has 0 bridgehead atoms. The van der Waals surface area contributed by atoms with Crippen molar-refractivity contribution in [2.24, 2.45) is 17.2 Å². The zero-order chi connectivity index (χ0) is 13.8. The fourth-order valence-corrected chi connectivity index (χ4v) is 1.35. The van der Waals surface area contributed by atoms with Crippen LogP contribution in [0.3, 0.4) is 0 Å². The molecular weight excluding hydrogens is 228 g/mol. The highest BCUT2D eigenvalue weighted by molar-refractivity contribution is 5.99. The monoisotopic (exact) mass is 250 g/mol. The third-order valence-corrected chi connectivity index (χ3v) is 3.27. The van der Waals surface area contributed by atoms with E-state index in [4.69, 9.17) is 5.84 Å². The zero-order valence-corrected chi connectivity index (χ0v) is 11.4. The van der Waals surface area contributed by atoms with Gasteiger partial charge in [-0.2, -0.15) is 0 Å². The summed E-state index contributed by atoms with van der Waals surface area (Å²) in [4.78, 5) is 15.9. The topological polar surface area (TPSA) is 80.0 Å². The maximum absolute atomic E-state index is 12.0. The van der Waals surface area contributed by atoms with Crippen molar-refractivity contribution in [3.63, 3.8) is 0 Å². The van der Waals surface area contributed by atoms with E-state index in [1.165, 1.54) is 6.20 Å². The highest BCUT2D eigenvalue weighted by Crippen LogP contribution is 2.24. The van der Waals surface area contributed by atoms with Crippen LogP contribution in [0.4, 0.5) is 5.69 Å². The number of nitrogens with one attached hydrogen (secondary N) is 2. The average Bonchev–Trinajstić information content (AvgIpc) is 2.34. The Bertz CT molecular complexity index is 412. The number of aromatic nitrogens is 1. The van der Waals surface area contributed by atoms with Crippen LogP contribution < -0.4 is 16.6 Å². The standard InChI is InChI=1S/C13H22N4O/c1-9(13(2,3)4)7-16-12(18)10-8-15-6-5-11(10)17-14/h5-6,8-9H,7,14H2,1-4H3,(H,15,17)(H,16,18). The van der Waals surface area contributed by atoms with Gasteiger partial charge in [0.1, 0.15) is 0 Å². The van der Waals surface area contributed by atoms with Crippen molar-refractivity contribution >= 4 is 11.6 Å². The summed E-state index contributed by atoms with van der Waals surface area (Å²) in [5.41, 5.74) is 3.69. The van der Waals surface area contributed by atoms with Gasteiger partial charge in [-0.05, 0) is 17.4 Å². The first kappa shape index (κ1) is 14.4. The molecule has 18 heavy (non-hydrogen) atoms. The van der Waals surface area contributed by atoms with Gasteiger partial charge < -0.3 is 10.7 Å². The predicted molar refractivity (Wildman–Crippen MR) is 73.0 cm³/mol. The molecule has 0 saturated heterocycles. The maximum Gasteiger partial charge on any atom is 0.255 e. The van der Waals surface area contributed by atoms with E-state index in [-0.39, 0.29) is 11.3 Å². The number of carbonyl (C=O) groups is 1. The van der Waals surface area contributed by atoms with Crippen LogP contribution in [0.1, 0.15) is 38.1 Å². The molecule has 0 aromatic carbocycles. The molecule has 0 radical (unpaired) electrons. The molecule has 0 aliphatic carbocycles. The Morgan fingerprint density at radius 2 is 2.17 bits per heavy atom. The lowest BCUT2D eigenvalue weighted by Crippen LogP contribution is -2.34. The van der Waals surface area contributed by atoms with Gasteiger partial charge in [-0.25, -0.2) is 0 Å². The first-order valence-corrected chi connectivity index (χ1v) is 6.05. The number of hydrogen-bond acceptors (Lipinski definition) is 4. The second-order valence-electron chi connectivity index (χ2n) is 5.54. The van der Waals surface area contributed by atoms with Crippen molar-refractivity contribution in [1.29, 1.82) is 0 Å². The molecule has 1 atom stereocenters. The molecule has 1 rings (SSSR count). The van der Waals surface area contributed by atoms with Crippen LogP contribution in [0.5, 0.6) is 0 Å². The molecule has 5 heteroatoms. The van der Waals surface area contributed by atoms with E-state index >= 15 is 0 Å². The van der Waals surface area contributed by atoms with E-state index in [0.717, 1.165) is 0 Å². The number of carbonyl (C=O) groups excluding carboxylic acids is 1. The lowest BCUT2D eigenvalue weighted by molar-refractivity contribution is 0.0937. The number of amides is 1. The summed E-state index contributed by atoms with van der Waals surface area (Å²) in [5.74, 6) is 5.58. The van der Waals surface area contributed by atoms with Crippen LogP contribution in [0, 0.1) is 11.3 Å². The molecule has 0 spiro atoms. The summed E-state index contributed by atoms with van der Waals surface area (Å²) in [6.45, 7) is 9.20. The van der Waals surface area contributed by atoms with Gasteiger partial charge in [0, 0.05) is 18.9 Å². The minimum absolute atomic E-state index is 0.160. The second kappa shape index (κ2) is 5.82. The Morgan fingerprint density at radius 1 is 1.50 bits per heavy atom. The van der Waals surface area contributed by atoms with Crippen LogP contribution in [-0.2, 0) is 0 Å². The van der Waals surface area contributed by atoms with Gasteiger partial charge in [0.25, 0.3) is 5.91 Å². The van der Waals surface area contributed by atoms with Crippen molar-refractivity contribution < 1.29 is 4.79 Å². The fourth-order valence-electron chi connectivity index (χ4n) is 1.35. The minimum Gasteiger partial charge on any atom is -0.352 e. The molecule has 1 heterocycles. The van der Waals surface area contributed by atoms with E-state index < -0.39 is 0 Å². The van der Waals surface area contributed by atoms with Crippen molar-refractivity contribution in [3.05, 3.63) is 24.0 Å². The van der Waals surface area contributed by atoms with E-state index in [1.807, 2.05) is 0 Å². The van der Waals surface area contributed by atoms with Crippen molar-refractivity contribution in [2.45, 2.75) is 27.7 Å². The van der Waals surface area contributed by atoms with Crippen LogP contribution in [0.25, 0.3) is 0 Å². The maximum atomic E-state index is 12.0. The molecule has 1 aromatic heterocycles. The molecule has 0 aliphatic heterocycles. The minimum atomic E-state index is -0.160. The molecule has 1 amide bonds. The van der Waals surface area contributed by atoms with E-state index in [9.17, 15) is 4.79 Å².